The third kappa shape index (κ3) is 4.65. The number of piperidine rings is 1. The lowest BCUT2D eigenvalue weighted by Crippen LogP contribution is -2.44. The molecule has 0 N–H and O–H groups in total. The van der Waals surface area contributed by atoms with Gasteiger partial charge in [-0.25, -0.2) is 8.42 Å². The Balaban J connectivity index is 2.06. The fourth-order valence-electron chi connectivity index (χ4n) is 3.80. The Morgan fingerprint density at radius 3 is 2.38 bits per heavy atom. The van der Waals surface area contributed by atoms with Gasteiger partial charge in [-0.3, -0.25) is 0 Å². The lowest BCUT2D eigenvalue weighted by molar-refractivity contribution is -0.187. The van der Waals surface area contributed by atoms with Crippen LogP contribution in [0.5, 0.6) is 0 Å². The molecule has 0 saturated carbocycles. The molecule has 158 valence electrons. The van der Waals surface area contributed by atoms with E-state index in [9.17, 15) is 21.6 Å². The lowest BCUT2D eigenvalue weighted by Gasteiger charge is -2.40. The molecular formula is C21H24F3NO3S. The molecule has 2 atom stereocenters. The minimum absolute atomic E-state index is 0.0859. The van der Waals surface area contributed by atoms with Crippen LogP contribution in [-0.2, 0) is 21.4 Å². The van der Waals surface area contributed by atoms with Crippen LogP contribution >= 0.6 is 0 Å². The Labute approximate surface area is 169 Å². The predicted octanol–water partition coefficient (Wildman–Crippen LogP) is 4.85. The van der Waals surface area contributed by atoms with Gasteiger partial charge in [0.15, 0.2) is 0 Å². The summed E-state index contributed by atoms with van der Waals surface area (Å²) in [6, 6.07) is 12.4. The standard InChI is InChI=1S/C21H24F3NO3S/c1-15-7-9-18(10-8-15)29(26,27)25-12-11-17(21(22,23)24)13-20(25)19-6-4-3-5-16(19)14-28-2/h3-10,17,20H,11-14H2,1-2H3/t17-,20+/m0/s1. The zero-order valence-electron chi connectivity index (χ0n) is 16.3. The van der Waals surface area contributed by atoms with Gasteiger partial charge in [-0.2, -0.15) is 17.5 Å². The molecule has 0 radical (unpaired) electrons. The number of nitrogens with zero attached hydrogens (tertiary/aromatic N) is 1. The Hall–Kier alpha value is -1.90. The quantitative estimate of drug-likeness (QED) is 0.686. The monoisotopic (exact) mass is 427 g/mol. The molecule has 2 aromatic rings. The molecule has 1 aliphatic heterocycles. The first-order valence-electron chi connectivity index (χ1n) is 9.36. The number of hydrogen-bond donors (Lipinski definition) is 0. The van der Waals surface area contributed by atoms with Crippen molar-refractivity contribution in [3.05, 3.63) is 65.2 Å². The predicted molar refractivity (Wildman–Crippen MR) is 104 cm³/mol. The molecule has 8 heteroatoms. The van der Waals surface area contributed by atoms with Crippen LogP contribution in [0.25, 0.3) is 0 Å². The molecule has 0 bridgehead atoms. The highest BCUT2D eigenvalue weighted by Crippen LogP contribution is 2.44. The van der Waals surface area contributed by atoms with Crippen LogP contribution in [0, 0.1) is 12.8 Å². The highest BCUT2D eigenvalue weighted by Gasteiger charge is 2.47. The third-order valence-electron chi connectivity index (χ3n) is 5.36. The van der Waals surface area contributed by atoms with Crippen molar-refractivity contribution in [2.45, 2.75) is 43.5 Å². The summed E-state index contributed by atoms with van der Waals surface area (Å²) in [7, 11) is -2.45. The van der Waals surface area contributed by atoms with Crippen LogP contribution < -0.4 is 0 Å². The summed E-state index contributed by atoms with van der Waals surface area (Å²) in [5, 5.41) is 0. The van der Waals surface area contributed by atoms with Crippen molar-refractivity contribution >= 4 is 10.0 Å². The van der Waals surface area contributed by atoms with Gasteiger partial charge in [0.1, 0.15) is 0 Å². The highest BCUT2D eigenvalue weighted by molar-refractivity contribution is 7.89. The Morgan fingerprint density at radius 2 is 1.76 bits per heavy atom. The Morgan fingerprint density at radius 1 is 1.10 bits per heavy atom. The third-order valence-corrected chi connectivity index (χ3v) is 7.28. The van der Waals surface area contributed by atoms with Crippen molar-refractivity contribution in [2.75, 3.05) is 13.7 Å². The van der Waals surface area contributed by atoms with Crippen LogP contribution in [0.2, 0.25) is 0 Å². The summed E-state index contributed by atoms with van der Waals surface area (Å²) in [5.74, 6) is -1.55. The Bertz CT molecular complexity index is 942. The molecule has 1 heterocycles. The van der Waals surface area contributed by atoms with E-state index >= 15 is 0 Å². The number of hydrogen-bond acceptors (Lipinski definition) is 3. The van der Waals surface area contributed by atoms with E-state index in [0.29, 0.717) is 11.1 Å². The van der Waals surface area contributed by atoms with Crippen molar-refractivity contribution in [2.24, 2.45) is 5.92 Å². The molecule has 1 aliphatic rings. The van der Waals surface area contributed by atoms with Gasteiger partial charge in [-0.1, -0.05) is 42.0 Å². The molecule has 0 aliphatic carbocycles. The summed E-state index contributed by atoms with van der Waals surface area (Å²) in [6.07, 6.45) is -4.93. The second kappa shape index (κ2) is 8.45. The van der Waals surface area contributed by atoms with E-state index in [0.717, 1.165) is 5.56 Å². The molecule has 0 amide bonds. The van der Waals surface area contributed by atoms with Crippen LogP contribution in [-0.4, -0.2) is 32.6 Å². The normalized spacial score (nSPS) is 21.3. The minimum atomic E-state index is -4.37. The number of methoxy groups -OCH3 is 1. The van der Waals surface area contributed by atoms with Crippen molar-refractivity contribution in [1.82, 2.24) is 4.31 Å². The van der Waals surface area contributed by atoms with Crippen LogP contribution in [0.3, 0.4) is 0 Å². The molecule has 0 unspecified atom stereocenters. The maximum atomic E-state index is 13.5. The van der Waals surface area contributed by atoms with E-state index in [1.54, 1.807) is 36.4 Å². The first-order chi connectivity index (χ1) is 13.6. The first kappa shape index (κ1) is 21.8. The molecular weight excluding hydrogens is 403 g/mol. The summed E-state index contributed by atoms with van der Waals surface area (Å²) in [5.41, 5.74) is 2.15. The van der Waals surface area contributed by atoms with Gasteiger partial charge in [-0.05, 0) is 43.0 Å². The summed E-state index contributed by atoms with van der Waals surface area (Å²) in [4.78, 5) is 0.0859. The molecule has 29 heavy (non-hydrogen) atoms. The maximum absolute atomic E-state index is 13.5. The van der Waals surface area contributed by atoms with Gasteiger partial charge >= 0.3 is 6.18 Å². The van der Waals surface area contributed by atoms with Gasteiger partial charge in [0.25, 0.3) is 0 Å². The van der Waals surface area contributed by atoms with E-state index in [4.69, 9.17) is 4.74 Å². The number of alkyl halides is 3. The first-order valence-corrected chi connectivity index (χ1v) is 10.8. The van der Waals surface area contributed by atoms with E-state index in [2.05, 4.69) is 0 Å². The van der Waals surface area contributed by atoms with Crippen LogP contribution in [0.4, 0.5) is 13.2 Å². The molecule has 0 aromatic heterocycles. The SMILES string of the molecule is COCc1ccccc1[C@H]1C[C@@H](C(F)(F)F)CCN1S(=O)(=O)c1ccc(C)cc1. The topological polar surface area (TPSA) is 46.6 Å². The smallest absolute Gasteiger partial charge is 0.380 e. The zero-order chi connectivity index (χ0) is 21.2. The zero-order valence-corrected chi connectivity index (χ0v) is 17.1. The van der Waals surface area contributed by atoms with Gasteiger partial charge in [0.2, 0.25) is 10.0 Å². The number of aryl methyl sites for hydroxylation is 1. The van der Waals surface area contributed by atoms with Crippen molar-refractivity contribution < 1.29 is 26.3 Å². The molecule has 1 fully saturated rings. The van der Waals surface area contributed by atoms with Crippen LogP contribution in [0.1, 0.15) is 35.6 Å². The Kier molecular flexibility index (Phi) is 6.36. The molecule has 4 nitrogen and oxygen atoms in total. The second-order valence-corrected chi connectivity index (χ2v) is 9.23. The molecule has 3 rings (SSSR count). The van der Waals surface area contributed by atoms with Crippen LogP contribution in [0.15, 0.2) is 53.4 Å². The average Bonchev–Trinajstić information content (AvgIpc) is 2.68. The minimum Gasteiger partial charge on any atom is -0.380 e. The molecule has 0 spiro atoms. The summed E-state index contributed by atoms with van der Waals surface area (Å²) >= 11 is 0. The van der Waals surface area contributed by atoms with Crippen molar-refractivity contribution in [3.63, 3.8) is 0 Å². The number of rotatable bonds is 5. The van der Waals surface area contributed by atoms with E-state index in [1.165, 1.54) is 23.5 Å². The fourth-order valence-corrected chi connectivity index (χ4v) is 5.43. The summed E-state index contributed by atoms with van der Waals surface area (Å²) in [6.45, 7) is 1.85. The van der Waals surface area contributed by atoms with Gasteiger partial charge in [0.05, 0.1) is 23.5 Å². The van der Waals surface area contributed by atoms with Crippen molar-refractivity contribution in [1.29, 1.82) is 0 Å². The largest absolute Gasteiger partial charge is 0.391 e. The van der Waals surface area contributed by atoms with Gasteiger partial charge in [-0.15, -0.1) is 0 Å². The van der Waals surface area contributed by atoms with E-state index < -0.39 is 28.2 Å². The summed E-state index contributed by atoms with van der Waals surface area (Å²) < 4.78 is 73.5. The highest BCUT2D eigenvalue weighted by atomic mass is 32.2. The average molecular weight is 427 g/mol. The number of benzene rings is 2. The van der Waals surface area contributed by atoms with E-state index in [1.807, 2.05) is 6.92 Å². The second-order valence-electron chi connectivity index (χ2n) is 7.34. The van der Waals surface area contributed by atoms with E-state index in [-0.39, 0.29) is 30.9 Å². The molecule has 2 aromatic carbocycles. The fraction of sp³-hybridized carbons (Fsp3) is 0.429. The lowest BCUT2D eigenvalue weighted by atomic mass is 9.86. The number of sulfonamides is 1. The maximum Gasteiger partial charge on any atom is 0.391 e. The molecule has 1 saturated heterocycles. The van der Waals surface area contributed by atoms with Crippen molar-refractivity contribution in [3.8, 4) is 0 Å². The van der Waals surface area contributed by atoms with Gasteiger partial charge < -0.3 is 4.74 Å². The van der Waals surface area contributed by atoms with Gasteiger partial charge in [0, 0.05) is 13.7 Å². The number of halogens is 3. The number of ether oxygens (including phenoxy) is 1.